The molecule has 110 valence electrons. The van der Waals surface area contributed by atoms with Gasteiger partial charge in [-0.05, 0) is 56.8 Å². The predicted octanol–water partition coefficient (Wildman–Crippen LogP) is 2.49. The Balaban J connectivity index is 1.86. The van der Waals surface area contributed by atoms with Crippen LogP contribution in [-0.4, -0.2) is 24.5 Å². The molecular formula is C17H26N2O. The molecule has 1 aromatic carbocycles. The van der Waals surface area contributed by atoms with E-state index in [0.29, 0.717) is 12.5 Å². The highest BCUT2D eigenvalue weighted by Crippen LogP contribution is 2.12. The summed E-state index contributed by atoms with van der Waals surface area (Å²) >= 11 is 0. The Hall–Kier alpha value is -1.35. The van der Waals surface area contributed by atoms with Crippen molar-refractivity contribution in [3.05, 3.63) is 34.9 Å². The number of piperidine rings is 1. The molecule has 1 fully saturated rings. The lowest BCUT2D eigenvalue weighted by molar-refractivity contribution is -0.121. The van der Waals surface area contributed by atoms with Crippen molar-refractivity contribution in [2.75, 3.05) is 6.54 Å². The Kier molecular flexibility index (Phi) is 5.18. The number of hydrogen-bond acceptors (Lipinski definition) is 2. The van der Waals surface area contributed by atoms with Gasteiger partial charge in [0.05, 0.1) is 6.42 Å². The van der Waals surface area contributed by atoms with Crippen LogP contribution in [0.3, 0.4) is 0 Å². The zero-order chi connectivity index (χ0) is 14.5. The van der Waals surface area contributed by atoms with Gasteiger partial charge in [-0.1, -0.05) is 24.6 Å². The van der Waals surface area contributed by atoms with Crippen molar-refractivity contribution >= 4 is 5.91 Å². The van der Waals surface area contributed by atoms with Crippen molar-refractivity contribution in [2.24, 2.45) is 0 Å². The summed E-state index contributed by atoms with van der Waals surface area (Å²) in [5.74, 6) is 0.119. The Morgan fingerprint density at radius 3 is 2.80 bits per heavy atom. The quantitative estimate of drug-likeness (QED) is 0.885. The molecule has 0 spiro atoms. The maximum atomic E-state index is 12.1. The number of aryl methyl sites for hydroxylation is 2. The van der Waals surface area contributed by atoms with Gasteiger partial charge in [0.25, 0.3) is 0 Å². The van der Waals surface area contributed by atoms with E-state index in [1.807, 2.05) is 6.07 Å². The van der Waals surface area contributed by atoms with Gasteiger partial charge in [-0.3, -0.25) is 4.79 Å². The van der Waals surface area contributed by atoms with Crippen LogP contribution in [0.5, 0.6) is 0 Å². The lowest BCUT2D eigenvalue weighted by Gasteiger charge is -2.29. The topological polar surface area (TPSA) is 41.1 Å². The largest absolute Gasteiger partial charge is 0.352 e. The first-order valence-electron chi connectivity index (χ1n) is 7.65. The van der Waals surface area contributed by atoms with Gasteiger partial charge in [0.1, 0.15) is 0 Å². The molecule has 0 aliphatic carbocycles. The van der Waals surface area contributed by atoms with Crippen molar-refractivity contribution in [1.29, 1.82) is 0 Å². The van der Waals surface area contributed by atoms with Gasteiger partial charge in [0.2, 0.25) is 5.91 Å². The number of carbonyl (C=O) groups excluding carboxylic acids is 1. The first-order valence-corrected chi connectivity index (χ1v) is 7.65. The maximum Gasteiger partial charge on any atom is 0.224 e. The van der Waals surface area contributed by atoms with Crippen LogP contribution >= 0.6 is 0 Å². The van der Waals surface area contributed by atoms with E-state index in [9.17, 15) is 4.79 Å². The van der Waals surface area contributed by atoms with E-state index in [0.717, 1.165) is 18.5 Å². The van der Waals surface area contributed by atoms with Crippen molar-refractivity contribution in [3.63, 3.8) is 0 Å². The second kappa shape index (κ2) is 6.89. The second-order valence-corrected chi connectivity index (χ2v) is 6.01. The van der Waals surface area contributed by atoms with Crippen LogP contribution < -0.4 is 10.6 Å². The molecule has 1 aliphatic rings. The summed E-state index contributed by atoms with van der Waals surface area (Å²) < 4.78 is 0. The lowest BCUT2D eigenvalue weighted by Crippen LogP contribution is -2.50. The number of carbonyl (C=O) groups is 1. The van der Waals surface area contributed by atoms with Gasteiger partial charge < -0.3 is 10.6 Å². The van der Waals surface area contributed by atoms with Crippen molar-refractivity contribution < 1.29 is 4.79 Å². The summed E-state index contributed by atoms with van der Waals surface area (Å²) in [6.45, 7) is 7.35. The van der Waals surface area contributed by atoms with E-state index in [4.69, 9.17) is 0 Å². The summed E-state index contributed by atoms with van der Waals surface area (Å²) in [6, 6.07) is 6.87. The van der Waals surface area contributed by atoms with Gasteiger partial charge >= 0.3 is 0 Å². The van der Waals surface area contributed by atoms with E-state index >= 15 is 0 Å². The number of hydrogen-bond donors (Lipinski definition) is 2. The number of nitrogens with one attached hydrogen (secondary N) is 2. The molecule has 0 aromatic heterocycles. The number of rotatable bonds is 4. The second-order valence-electron chi connectivity index (χ2n) is 6.01. The van der Waals surface area contributed by atoms with Gasteiger partial charge in [-0.2, -0.15) is 0 Å². The summed E-state index contributed by atoms with van der Waals surface area (Å²) in [5, 5.41) is 6.62. The van der Waals surface area contributed by atoms with Gasteiger partial charge in [0, 0.05) is 12.1 Å². The zero-order valence-corrected chi connectivity index (χ0v) is 12.8. The smallest absolute Gasteiger partial charge is 0.224 e. The number of benzene rings is 1. The summed E-state index contributed by atoms with van der Waals surface area (Å²) in [5.41, 5.74) is 3.61. The van der Waals surface area contributed by atoms with Crippen molar-refractivity contribution in [1.82, 2.24) is 10.6 Å². The van der Waals surface area contributed by atoms with Crippen LogP contribution in [0.25, 0.3) is 0 Å². The van der Waals surface area contributed by atoms with Crippen LogP contribution in [0.2, 0.25) is 0 Å². The first kappa shape index (κ1) is 15.0. The standard InChI is InChI=1S/C17H26N2O/c1-12-7-8-15(10-13(12)2)11-17(20)19-14(3)16-6-4-5-9-18-16/h7-8,10,14,16,18H,4-6,9,11H2,1-3H3,(H,19,20). The monoisotopic (exact) mass is 274 g/mol. The fraction of sp³-hybridized carbons (Fsp3) is 0.588. The molecule has 3 nitrogen and oxygen atoms in total. The molecule has 1 aromatic rings. The van der Waals surface area contributed by atoms with Gasteiger partial charge in [0.15, 0.2) is 0 Å². The number of amides is 1. The molecule has 20 heavy (non-hydrogen) atoms. The van der Waals surface area contributed by atoms with Gasteiger partial charge in [-0.15, -0.1) is 0 Å². The molecular weight excluding hydrogens is 248 g/mol. The highest BCUT2D eigenvalue weighted by Gasteiger charge is 2.20. The first-order chi connectivity index (χ1) is 9.56. The lowest BCUT2D eigenvalue weighted by atomic mass is 9.98. The Morgan fingerprint density at radius 1 is 1.35 bits per heavy atom. The molecule has 1 heterocycles. The summed E-state index contributed by atoms with van der Waals surface area (Å²) in [4.78, 5) is 12.1. The van der Waals surface area contributed by atoms with E-state index in [1.54, 1.807) is 0 Å². The van der Waals surface area contributed by atoms with Crippen LogP contribution in [-0.2, 0) is 11.2 Å². The SMILES string of the molecule is Cc1ccc(CC(=O)NC(C)C2CCCCN2)cc1C. The fourth-order valence-electron chi connectivity index (χ4n) is 2.81. The third kappa shape index (κ3) is 4.07. The van der Waals surface area contributed by atoms with E-state index in [-0.39, 0.29) is 11.9 Å². The molecule has 0 radical (unpaired) electrons. The van der Waals surface area contributed by atoms with Crippen LogP contribution in [0.1, 0.15) is 42.9 Å². The molecule has 2 unspecified atom stereocenters. The zero-order valence-electron chi connectivity index (χ0n) is 12.8. The highest BCUT2D eigenvalue weighted by molar-refractivity contribution is 5.79. The fourth-order valence-corrected chi connectivity index (χ4v) is 2.81. The average Bonchev–Trinajstić information content (AvgIpc) is 2.44. The van der Waals surface area contributed by atoms with Gasteiger partial charge in [-0.25, -0.2) is 0 Å². The van der Waals surface area contributed by atoms with E-state index in [2.05, 4.69) is 43.5 Å². The third-order valence-corrected chi connectivity index (χ3v) is 4.28. The molecule has 2 N–H and O–H groups in total. The molecule has 3 heteroatoms. The van der Waals surface area contributed by atoms with E-state index < -0.39 is 0 Å². The molecule has 0 saturated carbocycles. The van der Waals surface area contributed by atoms with Crippen LogP contribution in [0.4, 0.5) is 0 Å². The molecule has 2 atom stereocenters. The molecule has 1 saturated heterocycles. The third-order valence-electron chi connectivity index (χ3n) is 4.28. The Labute approximate surface area is 122 Å². The minimum Gasteiger partial charge on any atom is -0.352 e. The normalized spacial score (nSPS) is 20.4. The van der Waals surface area contributed by atoms with E-state index in [1.165, 1.54) is 24.0 Å². The maximum absolute atomic E-state index is 12.1. The predicted molar refractivity (Wildman–Crippen MR) is 82.9 cm³/mol. The van der Waals surface area contributed by atoms with Crippen molar-refractivity contribution in [2.45, 2.75) is 58.5 Å². The van der Waals surface area contributed by atoms with Crippen molar-refractivity contribution in [3.8, 4) is 0 Å². The Morgan fingerprint density at radius 2 is 2.15 bits per heavy atom. The summed E-state index contributed by atoms with van der Waals surface area (Å²) in [6.07, 6.45) is 4.14. The molecule has 2 rings (SSSR count). The minimum atomic E-state index is 0.119. The minimum absolute atomic E-state index is 0.119. The molecule has 0 bridgehead atoms. The Bertz CT molecular complexity index is 464. The molecule has 1 aliphatic heterocycles. The van der Waals surface area contributed by atoms with Crippen LogP contribution in [0, 0.1) is 13.8 Å². The summed E-state index contributed by atoms with van der Waals surface area (Å²) in [7, 11) is 0. The molecule has 1 amide bonds. The highest BCUT2D eigenvalue weighted by atomic mass is 16.1. The average molecular weight is 274 g/mol. The van der Waals surface area contributed by atoms with Crippen LogP contribution in [0.15, 0.2) is 18.2 Å².